The van der Waals surface area contributed by atoms with Crippen LogP contribution in [0.3, 0.4) is 0 Å². The van der Waals surface area contributed by atoms with E-state index in [1.165, 1.54) is 0 Å². The summed E-state index contributed by atoms with van der Waals surface area (Å²) in [6.07, 6.45) is 1.60. The second-order valence-corrected chi connectivity index (χ2v) is 7.49. The van der Waals surface area contributed by atoms with Crippen LogP contribution in [-0.4, -0.2) is 21.8 Å². The highest BCUT2D eigenvalue weighted by Gasteiger charge is 2.49. The van der Waals surface area contributed by atoms with Crippen LogP contribution in [0.15, 0.2) is 83.4 Å². The predicted molar refractivity (Wildman–Crippen MR) is 112 cm³/mol. The molecule has 30 heavy (non-hydrogen) atoms. The molecule has 5 rings (SSSR count). The molecule has 0 bridgehead atoms. The summed E-state index contributed by atoms with van der Waals surface area (Å²) in [5, 5.41) is 4.92. The Morgan fingerprint density at radius 1 is 0.967 bits per heavy atom. The van der Waals surface area contributed by atoms with E-state index in [2.05, 4.69) is 10.3 Å². The van der Waals surface area contributed by atoms with E-state index in [1.807, 2.05) is 72.8 Å². The molecule has 1 aliphatic rings. The van der Waals surface area contributed by atoms with Crippen LogP contribution in [0.25, 0.3) is 22.1 Å². The number of rotatable bonds is 4. The van der Waals surface area contributed by atoms with Gasteiger partial charge in [-0.05, 0) is 29.3 Å². The van der Waals surface area contributed by atoms with Gasteiger partial charge in [0.1, 0.15) is 12.1 Å². The summed E-state index contributed by atoms with van der Waals surface area (Å²) in [6, 6.07) is 22.8. The summed E-state index contributed by atoms with van der Waals surface area (Å²) in [4.78, 5) is 31.3. The van der Waals surface area contributed by atoms with Gasteiger partial charge < -0.3 is 9.73 Å². The predicted octanol–water partition coefficient (Wildman–Crippen LogP) is 4.46. The molecule has 1 aliphatic heterocycles. The Kier molecular flexibility index (Phi) is 4.13. The van der Waals surface area contributed by atoms with Crippen LogP contribution >= 0.6 is 0 Å². The van der Waals surface area contributed by atoms with E-state index in [-0.39, 0.29) is 12.5 Å². The zero-order chi connectivity index (χ0) is 20.7. The molecule has 1 saturated heterocycles. The van der Waals surface area contributed by atoms with Crippen LogP contribution in [0.4, 0.5) is 4.79 Å². The lowest BCUT2D eigenvalue weighted by molar-refractivity contribution is -0.131. The maximum Gasteiger partial charge on any atom is 0.325 e. The molecule has 3 amide bonds. The first-order chi connectivity index (χ1) is 14.5. The number of carbonyl (C=O) groups excluding carboxylic acids is 2. The number of amides is 3. The molecule has 2 heterocycles. The van der Waals surface area contributed by atoms with E-state index in [9.17, 15) is 9.59 Å². The van der Waals surface area contributed by atoms with Gasteiger partial charge in [0.2, 0.25) is 5.89 Å². The number of benzene rings is 3. The molecule has 1 fully saturated rings. The van der Waals surface area contributed by atoms with E-state index in [0.717, 1.165) is 26.8 Å². The maximum absolute atomic E-state index is 13.2. The van der Waals surface area contributed by atoms with Crippen molar-refractivity contribution in [2.24, 2.45) is 0 Å². The van der Waals surface area contributed by atoms with E-state index in [0.29, 0.717) is 11.7 Å². The van der Waals surface area contributed by atoms with Crippen LogP contribution in [-0.2, 0) is 16.9 Å². The number of nitrogens with zero attached hydrogens (tertiary/aromatic N) is 2. The van der Waals surface area contributed by atoms with Crippen molar-refractivity contribution in [2.75, 3.05) is 0 Å². The molecule has 3 aromatic carbocycles. The van der Waals surface area contributed by atoms with Crippen LogP contribution in [0, 0.1) is 0 Å². The van der Waals surface area contributed by atoms with Crippen LogP contribution in [0.5, 0.6) is 0 Å². The quantitative estimate of drug-likeness (QED) is 0.516. The second-order valence-electron chi connectivity index (χ2n) is 7.49. The number of carbonyl (C=O) groups is 2. The standard InChI is InChI=1S/C24H19N3O3/c1-24(19-12-11-16-7-5-6-10-18(16)13-19)22(28)27(23(29)26-24)15-21-25-14-20(30-21)17-8-3-2-4-9-17/h2-14H,15H2,1H3,(H,26,29)/t24-/m0/s1. The Bertz CT molecular complexity index is 1260. The topological polar surface area (TPSA) is 75.4 Å². The molecular weight excluding hydrogens is 378 g/mol. The molecule has 0 radical (unpaired) electrons. The minimum absolute atomic E-state index is 0.0271. The average molecular weight is 397 g/mol. The molecule has 0 aliphatic carbocycles. The first kappa shape index (κ1) is 18.1. The van der Waals surface area contributed by atoms with E-state index in [4.69, 9.17) is 4.42 Å². The number of hydrogen-bond acceptors (Lipinski definition) is 4. The Balaban J connectivity index is 1.42. The molecule has 148 valence electrons. The lowest BCUT2D eigenvalue weighted by Crippen LogP contribution is -2.40. The highest BCUT2D eigenvalue weighted by Crippen LogP contribution is 2.32. The van der Waals surface area contributed by atoms with Crippen LogP contribution in [0.2, 0.25) is 0 Å². The van der Waals surface area contributed by atoms with E-state index < -0.39 is 11.6 Å². The zero-order valence-electron chi connectivity index (χ0n) is 16.3. The Morgan fingerprint density at radius 3 is 2.50 bits per heavy atom. The summed E-state index contributed by atoms with van der Waals surface area (Å²) < 4.78 is 5.77. The number of urea groups is 1. The summed E-state index contributed by atoms with van der Waals surface area (Å²) >= 11 is 0. The number of aromatic nitrogens is 1. The zero-order valence-corrected chi connectivity index (χ0v) is 16.3. The lowest BCUT2D eigenvalue weighted by Gasteiger charge is -2.22. The van der Waals surface area contributed by atoms with Gasteiger partial charge >= 0.3 is 6.03 Å². The SMILES string of the molecule is C[C@@]1(c2ccc3ccccc3c2)NC(=O)N(Cc2ncc(-c3ccccc3)o2)C1=O. The number of oxazole rings is 1. The highest BCUT2D eigenvalue weighted by molar-refractivity contribution is 6.07. The fourth-order valence-electron chi connectivity index (χ4n) is 3.79. The average Bonchev–Trinajstić information content (AvgIpc) is 3.33. The molecule has 6 heteroatoms. The van der Waals surface area contributed by atoms with Crippen molar-refractivity contribution in [1.82, 2.24) is 15.2 Å². The van der Waals surface area contributed by atoms with Crippen molar-refractivity contribution in [2.45, 2.75) is 19.0 Å². The van der Waals surface area contributed by atoms with Gasteiger partial charge in [0.25, 0.3) is 5.91 Å². The van der Waals surface area contributed by atoms with Crippen LogP contribution in [0.1, 0.15) is 18.4 Å². The first-order valence-electron chi connectivity index (χ1n) is 9.68. The summed E-state index contributed by atoms with van der Waals surface area (Å²) in [7, 11) is 0. The molecule has 1 aromatic heterocycles. The molecule has 1 N–H and O–H groups in total. The smallest absolute Gasteiger partial charge is 0.325 e. The fourth-order valence-corrected chi connectivity index (χ4v) is 3.79. The van der Waals surface area contributed by atoms with Gasteiger partial charge in [-0.15, -0.1) is 0 Å². The summed E-state index contributed by atoms with van der Waals surface area (Å²) in [5.74, 6) is 0.567. The fraction of sp³-hybridized carbons (Fsp3) is 0.125. The molecule has 0 spiro atoms. The minimum atomic E-state index is -1.14. The lowest BCUT2D eigenvalue weighted by atomic mass is 9.90. The monoisotopic (exact) mass is 397 g/mol. The number of fused-ring (bicyclic) bond motifs is 1. The largest absolute Gasteiger partial charge is 0.439 e. The van der Waals surface area contributed by atoms with Crippen molar-refractivity contribution < 1.29 is 14.0 Å². The molecule has 6 nitrogen and oxygen atoms in total. The highest BCUT2D eigenvalue weighted by atomic mass is 16.4. The Morgan fingerprint density at radius 2 is 1.70 bits per heavy atom. The van der Waals surface area contributed by atoms with Gasteiger partial charge in [-0.1, -0.05) is 66.7 Å². The number of nitrogens with one attached hydrogen (secondary N) is 1. The first-order valence-corrected chi connectivity index (χ1v) is 9.68. The van der Waals surface area contributed by atoms with Crippen molar-refractivity contribution in [3.8, 4) is 11.3 Å². The third kappa shape index (κ3) is 2.93. The van der Waals surface area contributed by atoms with Crippen molar-refractivity contribution in [3.63, 3.8) is 0 Å². The van der Waals surface area contributed by atoms with Gasteiger partial charge in [0, 0.05) is 5.56 Å². The molecule has 4 aromatic rings. The third-order valence-corrected chi connectivity index (χ3v) is 5.51. The van der Waals surface area contributed by atoms with Gasteiger partial charge in [-0.2, -0.15) is 0 Å². The molecule has 0 saturated carbocycles. The summed E-state index contributed by atoms with van der Waals surface area (Å²) in [6.45, 7) is 1.70. The van der Waals surface area contributed by atoms with Gasteiger partial charge in [-0.25, -0.2) is 9.78 Å². The Labute approximate surface area is 173 Å². The minimum Gasteiger partial charge on any atom is -0.439 e. The maximum atomic E-state index is 13.2. The van der Waals surface area contributed by atoms with Gasteiger partial charge in [0.05, 0.1) is 6.20 Å². The summed E-state index contributed by atoms with van der Waals surface area (Å²) in [5.41, 5.74) is 0.476. The van der Waals surface area contributed by atoms with Crippen LogP contribution < -0.4 is 5.32 Å². The van der Waals surface area contributed by atoms with Crippen molar-refractivity contribution >= 4 is 22.7 Å². The number of hydrogen-bond donors (Lipinski definition) is 1. The van der Waals surface area contributed by atoms with Crippen molar-refractivity contribution in [1.29, 1.82) is 0 Å². The molecule has 1 atom stereocenters. The molecule has 0 unspecified atom stereocenters. The third-order valence-electron chi connectivity index (χ3n) is 5.51. The van der Waals surface area contributed by atoms with Gasteiger partial charge in [0.15, 0.2) is 5.76 Å². The Hall–Kier alpha value is -3.93. The number of imide groups is 1. The second kappa shape index (κ2) is 6.84. The van der Waals surface area contributed by atoms with E-state index in [1.54, 1.807) is 13.1 Å². The van der Waals surface area contributed by atoms with E-state index >= 15 is 0 Å². The van der Waals surface area contributed by atoms with Crippen molar-refractivity contribution in [3.05, 3.63) is 90.4 Å². The normalized spacial score (nSPS) is 18.8. The van der Waals surface area contributed by atoms with Gasteiger partial charge in [-0.3, -0.25) is 9.69 Å². The molecular formula is C24H19N3O3.